The molecule has 0 saturated heterocycles. The van der Waals surface area contributed by atoms with Crippen molar-refractivity contribution in [2.45, 2.75) is 303 Å². The molecular formula is C66H114O6. The van der Waals surface area contributed by atoms with Crippen molar-refractivity contribution in [3.05, 3.63) is 85.1 Å². The number of allylic oxidation sites excluding steroid dienone is 14. The number of hydrogen-bond acceptors (Lipinski definition) is 6. The number of esters is 3. The third-order valence-corrected chi connectivity index (χ3v) is 13.1. The standard InChI is InChI=1S/C66H114O6/c1-4-7-10-13-16-19-21-23-25-27-28-29-30-31-32-33-34-35-36-37-38-39-41-42-44-47-50-53-56-59-65(68)71-62-63(61-70-64(67)58-55-52-49-46-18-15-12-9-6-3)72-66(69)60-57-54-51-48-45-43-40-26-24-22-20-17-14-11-8-5-2/h7,10,16,19-20,22-23,25-26,28-29,31-32,40,63H,4-6,8-9,11-15,17-18,21,24,27,30,33-39,41-62H2,1-3H3/b10-7-,19-16-,22-20-,25-23-,29-28-,32-31-,40-26-. The van der Waals surface area contributed by atoms with Crippen molar-refractivity contribution < 1.29 is 28.6 Å². The molecular weight excluding hydrogens is 889 g/mol. The minimum atomic E-state index is -0.781. The van der Waals surface area contributed by atoms with Crippen LogP contribution >= 0.6 is 0 Å². The molecule has 1 unspecified atom stereocenters. The molecule has 414 valence electrons. The van der Waals surface area contributed by atoms with Gasteiger partial charge in [-0.05, 0) is 96.3 Å². The molecule has 0 aliphatic rings. The van der Waals surface area contributed by atoms with Crippen LogP contribution in [0.3, 0.4) is 0 Å². The second kappa shape index (κ2) is 60.1. The molecule has 0 heterocycles. The largest absolute Gasteiger partial charge is 0.462 e. The molecule has 1 atom stereocenters. The molecule has 0 amide bonds. The van der Waals surface area contributed by atoms with E-state index in [1.165, 1.54) is 141 Å². The van der Waals surface area contributed by atoms with Gasteiger partial charge in [0.05, 0.1) is 0 Å². The molecule has 0 aromatic rings. The maximum atomic E-state index is 12.8. The van der Waals surface area contributed by atoms with Crippen LogP contribution in [0.25, 0.3) is 0 Å². The van der Waals surface area contributed by atoms with E-state index in [0.717, 1.165) is 116 Å². The molecule has 0 fully saturated rings. The third kappa shape index (κ3) is 57.5. The molecule has 0 aliphatic carbocycles. The minimum Gasteiger partial charge on any atom is -0.462 e. The highest BCUT2D eigenvalue weighted by molar-refractivity contribution is 5.71. The van der Waals surface area contributed by atoms with E-state index in [2.05, 4.69) is 106 Å². The van der Waals surface area contributed by atoms with Crippen LogP contribution in [0, 0.1) is 0 Å². The Bertz CT molecular complexity index is 1380. The lowest BCUT2D eigenvalue weighted by Crippen LogP contribution is -2.30. The Morgan fingerprint density at radius 2 is 0.542 bits per heavy atom. The molecule has 0 aromatic carbocycles. The topological polar surface area (TPSA) is 78.9 Å². The van der Waals surface area contributed by atoms with Gasteiger partial charge in [0.1, 0.15) is 13.2 Å². The average molecular weight is 1000 g/mol. The number of carbonyl (C=O) groups is 3. The zero-order valence-electron chi connectivity index (χ0n) is 47.4. The van der Waals surface area contributed by atoms with Gasteiger partial charge in [0.2, 0.25) is 0 Å². The number of carbonyl (C=O) groups excluding carboxylic acids is 3. The second-order valence-electron chi connectivity index (χ2n) is 20.2. The molecule has 0 spiro atoms. The average Bonchev–Trinajstić information content (AvgIpc) is 3.38. The Morgan fingerprint density at radius 1 is 0.292 bits per heavy atom. The third-order valence-electron chi connectivity index (χ3n) is 13.1. The van der Waals surface area contributed by atoms with E-state index in [9.17, 15) is 14.4 Å². The highest BCUT2D eigenvalue weighted by Crippen LogP contribution is 2.16. The van der Waals surface area contributed by atoms with Crippen LogP contribution in [-0.4, -0.2) is 37.2 Å². The van der Waals surface area contributed by atoms with Crippen molar-refractivity contribution in [2.75, 3.05) is 13.2 Å². The van der Waals surface area contributed by atoms with E-state index >= 15 is 0 Å². The van der Waals surface area contributed by atoms with Gasteiger partial charge >= 0.3 is 17.9 Å². The summed E-state index contributed by atoms with van der Waals surface area (Å²) in [7, 11) is 0. The number of unbranched alkanes of at least 4 members (excludes halogenated alkanes) is 30. The lowest BCUT2D eigenvalue weighted by Gasteiger charge is -2.18. The summed E-state index contributed by atoms with van der Waals surface area (Å²) in [5.74, 6) is -0.889. The second-order valence-corrected chi connectivity index (χ2v) is 20.2. The summed E-state index contributed by atoms with van der Waals surface area (Å²) >= 11 is 0. The van der Waals surface area contributed by atoms with E-state index in [1.54, 1.807) is 0 Å². The SMILES string of the molecule is CC/C=C\C/C=C\C/C=C\C/C=C\C/C=C\CCCCCCCCCCCCCCCC(=O)OCC(COC(=O)CCCCCCCCCCC)OC(=O)CCCCCCC/C=C\C/C=C\CCCCCC. The lowest BCUT2D eigenvalue weighted by atomic mass is 10.0. The predicted molar refractivity (Wildman–Crippen MR) is 311 cm³/mol. The van der Waals surface area contributed by atoms with Gasteiger partial charge in [-0.25, -0.2) is 0 Å². The molecule has 0 bridgehead atoms. The molecule has 6 nitrogen and oxygen atoms in total. The Hall–Kier alpha value is -3.41. The summed E-state index contributed by atoms with van der Waals surface area (Å²) in [6.07, 6.45) is 78.8. The van der Waals surface area contributed by atoms with E-state index in [1.807, 2.05) is 0 Å². The van der Waals surface area contributed by atoms with Gasteiger partial charge in [-0.2, -0.15) is 0 Å². The van der Waals surface area contributed by atoms with Crippen molar-refractivity contribution in [3.8, 4) is 0 Å². The zero-order valence-corrected chi connectivity index (χ0v) is 47.4. The lowest BCUT2D eigenvalue weighted by molar-refractivity contribution is -0.167. The maximum absolute atomic E-state index is 12.8. The summed E-state index contributed by atoms with van der Waals surface area (Å²) in [5.41, 5.74) is 0. The predicted octanol–water partition coefficient (Wildman–Crippen LogP) is 20.7. The molecule has 0 aromatic heterocycles. The Labute approximate surface area is 445 Å². The zero-order chi connectivity index (χ0) is 52.2. The first-order valence-electron chi connectivity index (χ1n) is 30.6. The number of rotatable bonds is 55. The fourth-order valence-corrected chi connectivity index (χ4v) is 8.56. The van der Waals surface area contributed by atoms with Crippen LogP contribution in [-0.2, 0) is 28.6 Å². The van der Waals surface area contributed by atoms with Gasteiger partial charge < -0.3 is 14.2 Å². The van der Waals surface area contributed by atoms with E-state index in [-0.39, 0.29) is 31.1 Å². The molecule has 0 saturated carbocycles. The van der Waals surface area contributed by atoms with Crippen molar-refractivity contribution in [2.24, 2.45) is 0 Å². The number of ether oxygens (including phenoxy) is 3. The van der Waals surface area contributed by atoms with Gasteiger partial charge in [0.15, 0.2) is 6.10 Å². The summed E-state index contributed by atoms with van der Waals surface area (Å²) in [5, 5.41) is 0. The monoisotopic (exact) mass is 1000 g/mol. The van der Waals surface area contributed by atoms with Gasteiger partial charge in [-0.3, -0.25) is 14.4 Å². The maximum Gasteiger partial charge on any atom is 0.306 e. The molecule has 0 radical (unpaired) electrons. The number of hydrogen-bond donors (Lipinski definition) is 0. The normalized spacial score (nSPS) is 12.7. The van der Waals surface area contributed by atoms with Crippen LogP contribution in [0.15, 0.2) is 85.1 Å². The first-order valence-corrected chi connectivity index (χ1v) is 30.6. The van der Waals surface area contributed by atoms with E-state index < -0.39 is 6.10 Å². The molecule has 0 N–H and O–H groups in total. The van der Waals surface area contributed by atoms with Gasteiger partial charge in [0.25, 0.3) is 0 Å². The fraction of sp³-hybridized carbons (Fsp3) is 0.742. The van der Waals surface area contributed by atoms with Crippen molar-refractivity contribution in [1.29, 1.82) is 0 Å². The molecule has 72 heavy (non-hydrogen) atoms. The summed E-state index contributed by atoms with van der Waals surface area (Å²) in [6.45, 7) is 6.50. The molecule has 0 rings (SSSR count). The van der Waals surface area contributed by atoms with Gasteiger partial charge in [-0.15, -0.1) is 0 Å². The Morgan fingerprint density at radius 3 is 0.861 bits per heavy atom. The van der Waals surface area contributed by atoms with Crippen LogP contribution in [0.5, 0.6) is 0 Å². The Kier molecular flexibility index (Phi) is 57.3. The fourth-order valence-electron chi connectivity index (χ4n) is 8.56. The molecule has 6 heteroatoms. The van der Waals surface area contributed by atoms with Gasteiger partial charge in [-0.1, -0.05) is 266 Å². The first kappa shape index (κ1) is 68.6. The molecule has 0 aliphatic heterocycles. The smallest absolute Gasteiger partial charge is 0.306 e. The quantitative estimate of drug-likeness (QED) is 0.0261. The van der Waals surface area contributed by atoms with Gasteiger partial charge in [0, 0.05) is 19.3 Å². The summed E-state index contributed by atoms with van der Waals surface area (Å²) in [6, 6.07) is 0. The summed E-state index contributed by atoms with van der Waals surface area (Å²) in [4.78, 5) is 38.1. The van der Waals surface area contributed by atoms with Crippen LogP contribution in [0.2, 0.25) is 0 Å². The van der Waals surface area contributed by atoms with Crippen molar-refractivity contribution in [1.82, 2.24) is 0 Å². The Balaban J connectivity index is 4.17. The summed E-state index contributed by atoms with van der Waals surface area (Å²) < 4.78 is 16.8. The van der Waals surface area contributed by atoms with Crippen molar-refractivity contribution >= 4 is 17.9 Å². The van der Waals surface area contributed by atoms with Crippen molar-refractivity contribution in [3.63, 3.8) is 0 Å². The van der Waals surface area contributed by atoms with E-state index in [4.69, 9.17) is 14.2 Å². The highest BCUT2D eigenvalue weighted by Gasteiger charge is 2.19. The van der Waals surface area contributed by atoms with Crippen LogP contribution < -0.4 is 0 Å². The minimum absolute atomic E-state index is 0.0794. The van der Waals surface area contributed by atoms with E-state index in [0.29, 0.717) is 19.3 Å². The highest BCUT2D eigenvalue weighted by atomic mass is 16.6. The van der Waals surface area contributed by atoms with Crippen LogP contribution in [0.1, 0.15) is 297 Å². The first-order chi connectivity index (χ1) is 35.5. The van der Waals surface area contributed by atoms with Crippen LogP contribution in [0.4, 0.5) is 0 Å².